The van der Waals surface area contributed by atoms with Gasteiger partial charge < -0.3 is 14.1 Å². The van der Waals surface area contributed by atoms with E-state index in [4.69, 9.17) is 9.15 Å². The van der Waals surface area contributed by atoms with E-state index < -0.39 is 38.3 Å². The fraction of sp³-hybridized carbons (Fsp3) is 0.211. The predicted molar refractivity (Wildman–Crippen MR) is 100 cm³/mol. The van der Waals surface area contributed by atoms with Gasteiger partial charge in [0.15, 0.2) is 17.5 Å². The lowest BCUT2D eigenvalue weighted by atomic mass is 10.2. The van der Waals surface area contributed by atoms with Crippen LogP contribution >= 0.6 is 0 Å². The third-order valence-corrected chi connectivity index (χ3v) is 5.98. The first-order valence-corrected chi connectivity index (χ1v) is 10.3. The number of hydrogen-bond donors (Lipinski definition) is 1. The van der Waals surface area contributed by atoms with Crippen molar-refractivity contribution in [2.24, 2.45) is 0 Å². The van der Waals surface area contributed by atoms with Crippen LogP contribution in [-0.2, 0) is 14.8 Å². The number of morpholine rings is 1. The Labute approximate surface area is 169 Å². The molecule has 30 heavy (non-hydrogen) atoms. The molecule has 1 aromatic heterocycles. The van der Waals surface area contributed by atoms with Gasteiger partial charge in [-0.3, -0.25) is 9.52 Å². The standard InChI is InChI=1S/C19H15F3N2O5S/c20-12-5-6-14(16(22)15(12)21)30(26,27)23-17-11-3-1-2-4-13(11)29-18(17)19(25)24-7-9-28-10-8-24/h1-6,23H,7-10H2. The molecule has 11 heteroatoms. The molecule has 0 atom stereocenters. The molecule has 0 unspecified atom stereocenters. The highest BCUT2D eigenvalue weighted by atomic mass is 32.2. The topological polar surface area (TPSA) is 88.8 Å². The maximum atomic E-state index is 14.1. The summed E-state index contributed by atoms with van der Waals surface area (Å²) in [6.07, 6.45) is 0. The van der Waals surface area contributed by atoms with Gasteiger partial charge >= 0.3 is 0 Å². The smallest absolute Gasteiger partial charge is 0.291 e. The van der Waals surface area contributed by atoms with Gasteiger partial charge in [0, 0.05) is 18.5 Å². The summed E-state index contributed by atoms with van der Waals surface area (Å²) < 4.78 is 79.3. The fourth-order valence-corrected chi connectivity index (χ4v) is 4.27. The Morgan fingerprint density at radius 3 is 2.43 bits per heavy atom. The van der Waals surface area contributed by atoms with Crippen molar-refractivity contribution in [2.75, 3.05) is 31.0 Å². The summed E-state index contributed by atoms with van der Waals surface area (Å²) in [6, 6.07) is 7.36. The number of hydrogen-bond acceptors (Lipinski definition) is 5. The quantitative estimate of drug-likeness (QED) is 0.630. The van der Waals surface area contributed by atoms with E-state index in [0.717, 1.165) is 0 Å². The number of halogens is 3. The molecular weight excluding hydrogens is 425 g/mol. The molecule has 1 amide bonds. The average Bonchev–Trinajstić information content (AvgIpc) is 3.10. The Hall–Kier alpha value is -3.05. The van der Waals surface area contributed by atoms with Crippen LogP contribution in [0, 0.1) is 17.5 Å². The van der Waals surface area contributed by atoms with Crippen LogP contribution in [0.5, 0.6) is 0 Å². The van der Waals surface area contributed by atoms with Crippen molar-refractivity contribution in [2.45, 2.75) is 4.90 Å². The van der Waals surface area contributed by atoms with Crippen molar-refractivity contribution in [3.63, 3.8) is 0 Å². The minimum absolute atomic E-state index is 0.216. The maximum Gasteiger partial charge on any atom is 0.291 e. The van der Waals surface area contributed by atoms with Gasteiger partial charge in [-0.25, -0.2) is 21.6 Å². The Balaban J connectivity index is 1.80. The van der Waals surface area contributed by atoms with E-state index in [1.165, 1.54) is 17.0 Å². The second-order valence-corrected chi connectivity index (χ2v) is 8.14. The van der Waals surface area contributed by atoms with Crippen LogP contribution in [0.1, 0.15) is 10.6 Å². The van der Waals surface area contributed by atoms with Crippen LogP contribution in [0.25, 0.3) is 11.0 Å². The molecule has 158 valence electrons. The molecule has 2 heterocycles. The Morgan fingerprint density at radius 1 is 1.00 bits per heavy atom. The molecule has 1 aliphatic heterocycles. The molecule has 1 aliphatic rings. The van der Waals surface area contributed by atoms with Gasteiger partial charge in [0.1, 0.15) is 16.2 Å². The van der Waals surface area contributed by atoms with Crippen molar-refractivity contribution >= 4 is 32.6 Å². The number of rotatable bonds is 4. The fourth-order valence-electron chi connectivity index (χ4n) is 3.11. The van der Waals surface area contributed by atoms with Crippen molar-refractivity contribution in [1.82, 2.24) is 4.90 Å². The van der Waals surface area contributed by atoms with Crippen LogP contribution in [0.2, 0.25) is 0 Å². The first-order valence-electron chi connectivity index (χ1n) is 8.84. The normalized spacial score (nSPS) is 14.8. The monoisotopic (exact) mass is 440 g/mol. The summed E-state index contributed by atoms with van der Waals surface area (Å²) in [5.74, 6) is -6.19. The molecule has 1 N–H and O–H groups in total. The number of benzene rings is 2. The average molecular weight is 440 g/mol. The summed E-state index contributed by atoms with van der Waals surface area (Å²) in [6.45, 7) is 1.18. The summed E-state index contributed by atoms with van der Waals surface area (Å²) in [7, 11) is -4.72. The van der Waals surface area contributed by atoms with Gasteiger partial charge in [-0.1, -0.05) is 12.1 Å². The first-order chi connectivity index (χ1) is 14.3. The molecule has 0 bridgehead atoms. The Kier molecular flexibility index (Phi) is 5.16. The molecule has 3 aromatic rings. The van der Waals surface area contributed by atoms with Gasteiger partial charge in [-0.2, -0.15) is 0 Å². The molecule has 2 aromatic carbocycles. The van der Waals surface area contributed by atoms with Crippen LogP contribution in [0.15, 0.2) is 45.7 Å². The molecular formula is C19H15F3N2O5S. The molecule has 7 nitrogen and oxygen atoms in total. The van der Waals surface area contributed by atoms with E-state index in [1.54, 1.807) is 12.1 Å². The summed E-state index contributed by atoms with van der Waals surface area (Å²) in [5, 5.41) is 0.251. The number of sulfonamides is 1. The van der Waals surface area contributed by atoms with Gasteiger partial charge in [0.05, 0.1) is 13.2 Å². The van der Waals surface area contributed by atoms with Crippen molar-refractivity contribution in [3.8, 4) is 0 Å². The van der Waals surface area contributed by atoms with E-state index >= 15 is 0 Å². The molecule has 1 saturated heterocycles. The van der Waals surface area contributed by atoms with Gasteiger partial charge in [-0.05, 0) is 24.3 Å². The number of fused-ring (bicyclic) bond motifs is 1. The summed E-state index contributed by atoms with van der Waals surface area (Å²) in [4.78, 5) is 13.3. The lowest BCUT2D eigenvalue weighted by Gasteiger charge is -2.26. The van der Waals surface area contributed by atoms with Crippen LogP contribution < -0.4 is 4.72 Å². The number of nitrogens with one attached hydrogen (secondary N) is 1. The van der Waals surface area contributed by atoms with Crippen molar-refractivity contribution < 1.29 is 35.5 Å². The molecule has 0 radical (unpaired) electrons. The number of carbonyl (C=O) groups excluding carboxylic acids is 1. The zero-order valence-corrected chi connectivity index (χ0v) is 16.1. The van der Waals surface area contributed by atoms with Gasteiger partial charge in [-0.15, -0.1) is 0 Å². The van der Waals surface area contributed by atoms with E-state index in [0.29, 0.717) is 25.3 Å². The van der Waals surface area contributed by atoms with E-state index in [2.05, 4.69) is 4.72 Å². The highest BCUT2D eigenvalue weighted by Crippen LogP contribution is 2.34. The highest BCUT2D eigenvalue weighted by molar-refractivity contribution is 7.92. The number of para-hydroxylation sites is 1. The van der Waals surface area contributed by atoms with Crippen LogP contribution in [0.3, 0.4) is 0 Å². The second-order valence-electron chi connectivity index (χ2n) is 6.49. The van der Waals surface area contributed by atoms with Crippen LogP contribution in [-0.4, -0.2) is 45.5 Å². The Bertz CT molecular complexity index is 1240. The molecule has 1 fully saturated rings. The maximum absolute atomic E-state index is 14.1. The SMILES string of the molecule is O=C(c1oc2ccccc2c1NS(=O)(=O)c1ccc(F)c(F)c1F)N1CCOCC1. The predicted octanol–water partition coefficient (Wildman–Crippen LogP) is 3.12. The van der Waals surface area contributed by atoms with E-state index in [1.807, 2.05) is 0 Å². The van der Waals surface area contributed by atoms with E-state index in [-0.39, 0.29) is 35.5 Å². The highest BCUT2D eigenvalue weighted by Gasteiger charge is 2.31. The lowest BCUT2D eigenvalue weighted by molar-refractivity contribution is 0.0285. The molecule has 0 aliphatic carbocycles. The zero-order valence-electron chi connectivity index (χ0n) is 15.3. The minimum atomic E-state index is -4.72. The van der Waals surface area contributed by atoms with Crippen molar-refractivity contribution in [1.29, 1.82) is 0 Å². The number of furan rings is 1. The zero-order chi connectivity index (χ0) is 21.5. The van der Waals surface area contributed by atoms with Gasteiger partial charge in [0.25, 0.3) is 15.9 Å². The number of amides is 1. The number of carbonyl (C=O) groups is 1. The number of nitrogens with zero attached hydrogens (tertiary/aromatic N) is 1. The largest absolute Gasteiger partial charge is 0.449 e. The molecule has 0 saturated carbocycles. The third-order valence-electron chi connectivity index (χ3n) is 4.61. The lowest BCUT2D eigenvalue weighted by Crippen LogP contribution is -2.40. The van der Waals surface area contributed by atoms with Crippen molar-refractivity contribution in [3.05, 3.63) is 59.6 Å². The minimum Gasteiger partial charge on any atom is -0.449 e. The third kappa shape index (κ3) is 3.50. The number of anilines is 1. The van der Waals surface area contributed by atoms with E-state index in [9.17, 15) is 26.4 Å². The molecule has 4 rings (SSSR count). The summed E-state index contributed by atoms with van der Waals surface area (Å²) >= 11 is 0. The van der Waals surface area contributed by atoms with Gasteiger partial charge in [0.2, 0.25) is 5.76 Å². The van der Waals surface area contributed by atoms with Crippen LogP contribution in [0.4, 0.5) is 18.9 Å². The Morgan fingerprint density at radius 2 is 1.70 bits per heavy atom. The molecule has 0 spiro atoms. The summed E-state index contributed by atoms with van der Waals surface area (Å²) in [5.41, 5.74) is 0.00351. The second kappa shape index (κ2) is 7.65. The first kappa shape index (κ1) is 20.2. The number of ether oxygens (including phenoxy) is 1.